The zero-order valence-electron chi connectivity index (χ0n) is 11.8. The smallest absolute Gasteiger partial charge is 0.374 e. The highest BCUT2D eigenvalue weighted by molar-refractivity contribution is 5.92. The molecule has 0 saturated heterocycles. The van der Waals surface area contributed by atoms with Crippen LogP contribution < -0.4 is 0 Å². The first kappa shape index (κ1) is 14.5. The lowest BCUT2D eigenvalue weighted by Gasteiger charge is -2.13. The summed E-state index contributed by atoms with van der Waals surface area (Å²) in [6, 6.07) is 1.78. The molecule has 1 heterocycles. The molecular formula is C14H20O4. The van der Waals surface area contributed by atoms with Crippen molar-refractivity contribution in [3.8, 4) is 0 Å². The Morgan fingerprint density at radius 3 is 2.28 bits per heavy atom. The number of Topliss-reactive ketones (excluding diaryl/α,β-unsaturated/α-hetero) is 1. The SMILES string of the molecule is COC(=O)c1oc(C(C)(C)C)cc1C(C)C(C)=O. The van der Waals surface area contributed by atoms with Gasteiger partial charge in [-0.15, -0.1) is 0 Å². The van der Waals surface area contributed by atoms with Gasteiger partial charge in [-0.25, -0.2) is 4.79 Å². The van der Waals surface area contributed by atoms with Gasteiger partial charge in [-0.3, -0.25) is 4.79 Å². The first-order valence-electron chi connectivity index (χ1n) is 5.91. The van der Waals surface area contributed by atoms with Crippen LogP contribution >= 0.6 is 0 Å². The summed E-state index contributed by atoms with van der Waals surface area (Å²) in [5.74, 6) is -0.134. The number of esters is 1. The van der Waals surface area contributed by atoms with Crippen molar-refractivity contribution in [1.82, 2.24) is 0 Å². The third-order valence-corrected chi connectivity index (χ3v) is 2.95. The number of ether oxygens (including phenoxy) is 1. The average molecular weight is 252 g/mol. The van der Waals surface area contributed by atoms with E-state index in [1.807, 2.05) is 20.8 Å². The summed E-state index contributed by atoms with van der Waals surface area (Å²) in [6.45, 7) is 9.20. The number of hydrogen-bond acceptors (Lipinski definition) is 4. The molecule has 1 aromatic heterocycles. The predicted molar refractivity (Wildman–Crippen MR) is 67.8 cm³/mol. The van der Waals surface area contributed by atoms with Crippen LogP contribution in [0.2, 0.25) is 0 Å². The van der Waals surface area contributed by atoms with E-state index in [2.05, 4.69) is 4.74 Å². The van der Waals surface area contributed by atoms with Crippen LogP contribution in [0.25, 0.3) is 0 Å². The van der Waals surface area contributed by atoms with Crippen LogP contribution in [0.3, 0.4) is 0 Å². The summed E-state index contributed by atoms with van der Waals surface area (Å²) in [7, 11) is 1.30. The molecule has 4 heteroatoms. The van der Waals surface area contributed by atoms with Crippen molar-refractivity contribution in [3.05, 3.63) is 23.2 Å². The van der Waals surface area contributed by atoms with E-state index in [-0.39, 0.29) is 22.9 Å². The summed E-state index contributed by atoms with van der Waals surface area (Å²) in [4.78, 5) is 23.1. The lowest BCUT2D eigenvalue weighted by atomic mass is 9.91. The van der Waals surface area contributed by atoms with Gasteiger partial charge in [0.1, 0.15) is 11.5 Å². The predicted octanol–water partition coefficient (Wildman–Crippen LogP) is 3.06. The second-order valence-corrected chi connectivity index (χ2v) is 5.47. The summed E-state index contributed by atoms with van der Waals surface area (Å²) < 4.78 is 10.3. The molecule has 0 aromatic carbocycles. The molecule has 18 heavy (non-hydrogen) atoms. The first-order valence-corrected chi connectivity index (χ1v) is 5.91. The molecular weight excluding hydrogens is 232 g/mol. The van der Waals surface area contributed by atoms with Crippen LogP contribution in [0.1, 0.15) is 62.4 Å². The molecule has 1 aromatic rings. The van der Waals surface area contributed by atoms with Gasteiger partial charge < -0.3 is 9.15 Å². The van der Waals surface area contributed by atoms with E-state index in [9.17, 15) is 9.59 Å². The van der Waals surface area contributed by atoms with E-state index in [1.54, 1.807) is 13.0 Å². The molecule has 0 spiro atoms. The topological polar surface area (TPSA) is 56.5 Å². The van der Waals surface area contributed by atoms with Gasteiger partial charge in [-0.2, -0.15) is 0 Å². The number of carbonyl (C=O) groups excluding carboxylic acids is 2. The number of rotatable bonds is 3. The second-order valence-electron chi connectivity index (χ2n) is 5.47. The fourth-order valence-corrected chi connectivity index (χ4v) is 1.57. The van der Waals surface area contributed by atoms with E-state index in [0.29, 0.717) is 11.3 Å². The standard InChI is InChI=1S/C14H20O4/c1-8(9(2)15)10-7-11(14(3,4)5)18-12(10)13(16)17-6/h7-8H,1-6H3. The van der Waals surface area contributed by atoms with Crippen molar-refractivity contribution in [3.63, 3.8) is 0 Å². The van der Waals surface area contributed by atoms with Gasteiger partial charge in [0.2, 0.25) is 5.76 Å². The third-order valence-electron chi connectivity index (χ3n) is 2.95. The van der Waals surface area contributed by atoms with Crippen LogP contribution in [0.4, 0.5) is 0 Å². The van der Waals surface area contributed by atoms with Crippen LogP contribution in [-0.2, 0) is 14.9 Å². The van der Waals surface area contributed by atoms with E-state index in [1.165, 1.54) is 14.0 Å². The number of ketones is 1. The molecule has 4 nitrogen and oxygen atoms in total. The zero-order chi connectivity index (χ0) is 14.1. The molecule has 0 radical (unpaired) electrons. The molecule has 0 aliphatic heterocycles. The average Bonchev–Trinajstić information content (AvgIpc) is 2.71. The minimum atomic E-state index is -0.548. The Hall–Kier alpha value is -1.58. The molecule has 0 bridgehead atoms. The van der Waals surface area contributed by atoms with Crippen LogP contribution in [0.5, 0.6) is 0 Å². The molecule has 0 saturated carbocycles. The highest BCUT2D eigenvalue weighted by Gasteiger charge is 2.29. The van der Waals surface area contributed by atoms with Crippen molar-refractivity contribution in [2.24, 2.45) is 0 Å². The van der Waals surface area contributed by atoms with E-state index in [4.69, 9.17) is 4.42 Å². The molecule has 1 unspecified atom stereocenters. The summed E-state index contributed by atoms with van der Waals surface area (Å²) >= 11 is 0. The Balaban J connectivity index is 3.34. The van der Waals surface area contributed by atoms with E-state index >= 15 is 0 Å². The summed E-state index contributed by atoms with van der Waals surface area (Å²) in [5, 5.41) is 0. The first-order chi connectivity index (χ1) is 8.18. The molecule has 100 valence electrons. The van der Waals surface area contributed by atoms with Gasteiger partial charge in [0.05, 0.1) is 7.11 Å². The Kier molecular flexibility index (Phi) is 3.99. The van der Waals surface area contributed by atoms with Gasteiger partial charge in [-0.1, -0.05) is 27.7 Å². The Morgan fingerprint density at radius 2 is 1.89 bits per heavy atom. The van der Waals surface area contributed by atoms with Crippen LogP contribution in [0.15, 0.2) is 10.5 Å². The lowest BCUT2D eigenvalue weighted by Crippen LogP contribution is -2.09. The monoisotopic (exact) mass is 252 g/mol. The second kappa shape index (κ2) is 4.96. The fraction of sp³-hybridized carbons (Fsp3) is 0.571. The fourth-order valence-electron chi connectivity index (χ4n) is 1.57. The van der Waals surface area contributed by atoms with E-state index < -0.39 is 5.97 Å². The third kappa shape index (κ3) is 2.81. The van der Waals surface area contributed by atoms with Gasteiger partial charge in [-0.05, 0) is 13.0 Å². The van der Waals surface area contributed by atoms with Gasteiger partial charge in [0.15, 0.2) is 0 Å². The molecule has 1 atom stereocenters. The maximum Gasteiger partial charge on any atom is 0.374 e. The van der Waals surface area contributed by atoms with Crippen molar-refractivity contribution < 1.29 is 18.7 Å². The Morgan fingerprint density at radius 1 is 1.33 bits per heavy atom. The molecule has 0 fully saturated rings. The molecule has 0 aliphatic carbocycles. The summed E-state index contributed by atoms with van der Waals surface area (Å²) in [6.07, 6.45) is 0. The maximum absolute atomic E-state index is 11.7. The normalized spacial score (nSPS) is 13.2. The maximum atomic E-state index is 11.7. The van der Waals surface area contributed by atoms with Crippen molar-refractivity contribution in [2.75, 3.05) is 7.11 Å². The minimum Gasteiger partial charge on any atom is -0.463 e. The van der Waals surface area contributed by atoms with Crippen molar-refractivity contribution in [1.29, 1.82) is 0 Å². The number of carbonyl (C=O) groups is 2. The van der Waals surface area contributed by atoms with Crippen molar-refractivity contribution in [2.45, 2.75) is 46.0 Å². The minimum absolute atomic E-state index is 0.0126. The molecule has 0 N–H and O–H groups in total. The number of hydrogen-bond donors (Lipinski definition) is 0. The molecule has 0 aliphatic rings. The van der Waals surface area contributed by atoms with Crippen LogP contribution in [0, 0.1) is 0 Å². The Bertz CT molecular complexity index is 463. The zero-order valence-corrected chi connectivity index (χ0v) is 11.8. The largest absolute Gasteiger partial charge is 0.463 e. The van der Waals surface area contributed by atoms with E-state index in [0.717, 1.165) is 0 Å². The van der Waals surface area contributed by atoms with Gasteiger partial charge >= 0.3 is 5.97 Å². The lowest BCUT2D eigenvalue weighted by molar-refractivity contribution is -0.118. The highest BCUT2D eigenvalue weighted by atomic mass is 16.5. The summed E-state index contributed by atoms with van der Waals surface area (Å²) in [5.41, 5.74) is 0.372. The number of methoxy groups -OCH3 is 1. The van der Waals surface area contributed by atoms with Gasteiger partial charge in [0, 0.05) is 16.9 Å². The highest BCUT2D eigenvalue weighted by Crippen LogP contribution is 2.31. The van der Waals surface area contributed by atoms with Gasteiger partial charge in [0.25, 0.3) is 0 Å². The molecule has 0 amide bonds. The Labute approximate surface area is 107 Å². The van der Waals surface area contributed by atoms with Crippen molar-refractivity contribution >= 4 is 11.8 Å². The quantitative estimate of drug-likeness (QED) is 0.776. The molecule has 1 rings (SSSR count). The van der Waals surface area contributed by atoms with Crippen LogP contribution in [-0.4, -0.2) is 18.9 Å². The number of furan rings is 1.